The molecule has 0 spiro atoms. The Morgan fingerprint density at radius 3 is 2.32 bits per heavy atom. The fourth-order valence-corrected chi connectivity index (χ4v) is 3.53. The Labute approximate surface area is 119 Å². The van der Waals surface area contributed by atoms with Gasteiger partial charge in [0.05, 0.1) is 0 Å². The first-order chi connectivity index (χ1) is 9.29. The maximum Gasteiger partial charge on any atom is 0.106 e. The van der Waals surface area contributed by atoms with E-state index in [0.717, 1.165) is 5.82 Å². The zero-order valence-corrected chi connectivity index (χ0v) is 12.0. The van der Waals surface area contributed by atoms with Crippen LogP contribution >= 0.6 is 11.9 Å². The molecule has 3 heteroatoms. The van der Waals surface area contributed by atoms with Crippen molar-refractivity contribution in [1.29, 1.82) is 0 Å². The fraction of sp³-hybridized carbons (Fsp3) is 0.375. The second-order valence-corrected chi connectivity index (χ2v) is 6.00. The molecule has 0 saturated heterocycles. The number of rotatable bonds is 5. The molecule has 0 atom stereocenters. The van der Waals surface area contributed by atoms with Crippen LogP contribution in [0.5, 0.6) is 0 Å². The largest absolute Gasteiger partial charge is 0.341 e. The Balaban J connectivity index is 1.91. The van der Waals surface area contributed by atoms with E-state index >= 15 is 0 Å². The van der Waals surface area contributed by atoms with Gasteiger partial charge in [0.2, 0.25) is 0 Å². The Hall–Kier alpha value is -1.35. The summed E-state index contributed by atoms with van der Waals surface area (Å²) >= 11 is 1.45. The molecule has 100 valence electrons. The quantitative estimate of drug-likeness (QED) is 0.794. The zero-order valence-electron chi connectivity index (χ0n) is 11.2. The average molecular weight is 272 g/mol. The van der Waals surface area contributed by atoms with Crippen LogP contribution in [0.3, 0.4) is 0 Å². The first-order valence-electron chi connectivity index (χ1n) is 6.94. The summed E-state index contributed by atoms with van der Waals surface area (Å²) in [5.74, 6) is 0.847. The van der Waals surface area contributed by atoms with Gasteiger partial charge in [-0.1, -0.05) is 19.2 Å². The van der Waals surface area contributed by atoms with Crippen molar-refractivity contribution in [3.63, 3.8) is 0 Å². The van der Waals surface area contributed by atoms with Crippen molar-refractivity contribution in [2.45, 2.75) is 38.5 Å². The van der Waals surface area contributed by atoms with Crippen LogP contribution in [0.4, 0.5) is 5.69 Å². The van der Waals surface area contributed by atoms with Crippen LogP contribution in [0.15, 0.2) is 30.5 Å². The Morgan fingerprint density at radius 2 is 1.74 bits per heavy atom. The van der Waals surface area contributed by atoms with E-state index < -0.39 is 0 Å². The molecule has 0 bridgehead atoms. The van der Waals surface area contributed by atoms with Gasteiger partial charge in [0.1, 0.15) is 5.82 Å². The summed E-state index contributed by atoms with van der Waals surface area (Å²) in [4.78, 5) is 0. The van der Waals surface area contributed by atoms with Crippen LogP contribution < -0.4 is 10.0 Å². The molecule has 3 rings (SSSR count). The van der Waals surface area contributed by atoms with Gasteiger partial charge >= 0.3 is 0 Å². The highest BCUT2D eigenvalue weighted by molar-refractivity contribution is 8.00. The van der Waals surface area contributed by atoms with Crippen molar-refractivity contribution in [2.24, 2.45) is 0 Å². The number of fused-ring (bicyclic) bond motifs is 2. The van der Waals surface area contributed by atoms with E-state index in [1.54, 1.807) is 16.5 Å². The maximum absolute atomic E-state index is 4.05. The van der Waals surface area contributed by atoms with Crippen molar-refractivity contribution in [1.82, 2.24) is 4.72 Å². The molecular weight excluding hydrogens is 252 g/mol. The van der Waals surface area contributed by atoms with E-state index in [0.29, 0.717) is 0 Å². The lowest BCUT2D eigenvalue weighted by Gasteiger charge is -2.18. The van der Waals surface area contributed by atoms with Gasteiger partial charge in [-0.3, -0.25) is 0 Å². The number of anilines is 1. The lowest BCUT2D eigenvalue weighted by atomic mass is 9.99. The summed E-state index contributed by atoms with van der Waals surface area (Å²) in [5, 5.41) is 5.27. The summed E-state index contributed by atoms with van der Waals surface area (Å²) < 4.78 is 3.16. The predicted molar refractivity (Wildman–Crippen MR) is 84.2 cm³/mol. The summed E-state index contributed by atoms with van der Waals surface area (Å²) in [6, 6.07) is 2.45. The summed E-state index contributed by atoms with van der Waals surface area (Å²) in [7, 11) is 0. The van der Waals surface area contributed by atoms with Gasteiger partial charge in [0.25, 0.3) is 0 Å². The zero-order chi connectivity index (χ0) is 13.2. The minimum atomic E-state index is 0.847. The smallest absolute Gasteiger partial charge is 0.106 e. The van der Waals surface area contributed by atoms with Crippen LogP contribution in [0, 0.1) is 0 Å². The molecule has 0 aromatic heterocycles. The Kier molecular flexibility index (Phi) is 3.56. The number of hydrogen-bond acceptors (Lipinski definition) is 3. The maximum atomic E-state index is 4.05. The minimum absolute atomic E-state index is 0.847. The van der Waals surface area contributed by atoms with Crippen molar-refractivity contribution in [3.05, 3.63) is 52.7 Å². The predicted octanol–water partition coefficient (Wildman–Crippen LogP) is 3.93. The molecule has 1 aromatic carbocycles. The lowest BCUT2D eigenvalue weighted by Crippen LogP contribution is -2.13. The van der Waals surface area contributed by atoms with E-state index in [4.69, 9.17) is 0 Å². The summed E-state index contributed by atoms with van der Waals surface area (Å²) in [6.07, 6.45) is 7.44. The number of nitrogens with one attached hydrogen (secondary N) is 2. The van der Waals surface area contributed by atoms with Crippen LogP contribution in [-0.4, -0.2) is 0 Å². The van der Waals surface area contributed by atoms with Gasteiger partial charge in [-0.25, -0.2) is 0 Å². The summed E-state index contributed by atoms with van der Waals surface area (Å²) in [6.45, 7) is 7.73. The van der Waals surface area contributed by atoms with Crippen molar-refractivity contribution in [2.75, 3.05) is 5.32 Å². The van der Waals surface area contributed by atoms with E-state index in [-0.39, 0.29) is 0 Å². The third-order valence-corrected chi connectivity index (χ3v) is 4.55. The molecule has 0 heterocycles. The number of hydrogen-bond donors (Lipinski definition) is 2. The molecule has 0 fully saturated rings. The molecule has 1 aromatic rings. The van der Waals surface area contributed by atoms with E-state index in [2.05, 4.69) is 29.3 Å². The lowest BCUT2D eigenvalue weighted by molar-refractivity contribution is 0.897. The minimum Gasteiger partial charge on any atom is -0.341 e. The van der Waals surface area contributed by atoms with Gasteiger partial charge in [-0.2, -0.15) is 0 Å². The van der Waals surface area contributed by atoms with Gasteiger partial charge in [-0.05, 0) is 78.1 Å². The standard InChI is InChI=1S/C16H20N2S/c1-3-19-18-11(2)17-16-14-8-4-6-12(14)10-13-7-5-9-15(13)16/h3,10,17-18H,1-2,4-9H2. The molecule has 0 saturated carbocycles. The highest BCUT2D eigenvalue weighted by Crippen LogP contribution is 2.38. The Bertz CT molecular complexity index is 502. The van der Waals surface area contributed by atoms with E-state index in [1.165, 1.54) is 67.3 Å². The first-order valence-corrected chi connectivity index (χ1v) is 7.82. The van der Waals surface area contributed by atoms with E-state index in [1.807, 2.05) is 0 Å². The molecule has 19 heavy (non-hydrogen) atoms. The highest BCUT2D eigenvalue weighted by atomic mass is 32.2. The number of aryl methyl sites for hydroxylation is 2. The third kappa shape index (κ3) is 2.39. The second kappa shape index (κ2) is 5.33. The molecule has 0 aliphatic heterocycles. The van der Waals surface area contributed by atoms with Crippen molar-refractivity contribution < 1.29 is 0 Å². The average Bonchev–Trinajstić information content (AvgIpc) is 3.04. The molecule has 2 aliphatic carbocycles. The first kappa shape index (κ1) is 12.7. The topological polar surface area (TPSA) is 24.1 Å². The van der Waals surface area contributed by atoms with Gasteiger partial charge in [0.15, 0.2) is 0 Å². The molecule has 0 unspecified atom stereocenters. The summed E-state index contributed by atoms with van der Waals surface area (Å²) in [5.41, 5.74) is 7.48. The van der Waals surface area contributed by atoms with Gasteiger partial charge in [0, 0.05) is 5.69 Å². The van der Waals surface area contributed by atoms with E-state index in [9.17, 15) is 0 Å². The molecular formula is C16H20N2S. The molecule has 2 nitrogen and oxygen atoms in total. The van der Waals surface area contributed by atoms with Crippen LogP contribution in [0.2, 0.25) is 0 Å². The van der Waals surface area contributed by atoms with Crippen LogP contribution in [0.25, 0.3) is 0 Å². The van der Waals surface area contributed by atoms with Crippen LogP contribution in [-0.2, 0) is 25.7 Å². The SMILES string of the molecule is C=CSNC(=C)Nc1c2c(cc3c1CCC3)CCC2. The normalized spacial score (nSPS) is 15.8. The van der Waals surface area contributed by atoms with Gasteiger partial charge in [-0.15, -0.1) is 0 Å². The highest BCUT2D eigenvalue weighted by Gasteiger charge is 2.23. The van der Waals surface area contributed by atoms with Crippen molar-refractivity contribution >= 4 is 17.6 Å². The monoisotopic (exact) mass is 272 g/mol. The van der Waals surface area contributed by atoms with Crippen LogP contribution in [0.1, 0.15) is 35.1 Å². The molecule has 0 radical (unpaired) electrons. The van der Waals surface area contributed by atoms with Gasteiger partial charge < -0.3 is 10.0 Å². The van der Waals surface area contributed by atoms with Crippen molar-refractivity contribution in [3.8, 4) is 0 Å². The molecule has 2 N–H and O–H groups in total. The molecule has 2 aliphatic rings. The third-order valence-electron chi connectivity index (χ3n) is 4.01. The Morgan fingerprint density at radius 1 is 1.11 bits per heavy atom. The second-order valence-electron chi connectivity index (χ2n) is 5.22. The molecule has 0 amide bonds. The fourth-order valence-electron chi connectivity index (χ4n) is 3.26. The number of benzene rings is 1.